The Morgan fingerprint density at radius 2 is 1.74 bits per heavy atom. The topological polar surface area (TPSA) is 107 Å². The number of halogens is 2. The number of hydrogen-bond acceptors (Lipinski definition) is 5. The number of benzene rings is 2. The summed E-state index contributed by atoms with van der Waals surface area (Å²) in [5, 5.41) is 16.8. The van der Waals surface area contributed by atoms with Crippen molar-refractivity contribution in [3.63, 3.8) is 0 Å². The Bertz CT molecular complexity index is 1330. The molecule has 2 aromatic carbocycles. The molecular weight excluding hydrogens is 537 g/mol. The van der Waals surface area contributed by atoms with E-state index < -0.39 is 0 Å². The Morgan fingerprint density at radius 3 is 2.36 bits per heavy atom. The fraction of sp³-hybridized carbons (Fsp3) is 0.464. The van der Waals surface area contributed by atoms with Gasteiger partial charge in [0, 0.05) is 25.2 Å². The number of hydrogen-bond donors (Lipinski definition) is 2. The third kappa shape index (κ3) is 5.89. The zero-order valence-corrected chi connectivity index (χ0v) is 23.9. The lowest BCUT2D eigenvalue weighted by Gasteiger charge is -2.45. The molecule has 1 aliphatic carbocycles. The van der Waals surface area contributed by atoms with Gasteiger partial charge in [-0.05, 0) is 77.6 Å². The molecule has 0 unspecified atom stereocenters. The summed E-state index contributed by atoms with van der Waals surface area (Å²) in [4.78, 5) is 30.4. The maximum absolute atomic E-state index is 13.9. The first-order chi connectivity index (χ1) is 18.5. The third-order valence-corrected chi connectivity index (χ3v) is 8.92. The highest BCUT2D eigenvalue weighted by molar-refractivity contribution is 6.42. The molecule has 11 heteroatoms. The molecule has 1 saturated heterocycles. The van der Waals surface area contributed by atoms with Crippen molar-refractivity contribution in [3.05, 3.63) is 69.2 Å². The van der Waals surface area contributed by atoms with Crippen molar-refractivity contribution < 1.29 is 9.59 Å². The second-order valence-corrected chi connectivity index (χ2v) is 12.5. The Hall–Kier alpha value is -3.17. The number of tetrazole rings is 1. The van der Waals surface area contributed by atoms with E-state index in [4.69, 9.17) is 23.2 Å². The normalized spacial score (nSPS) is 21.6. The van der Waals surface area contributed by atoms with E-state index in [9.17, 15) is 9.59 Å². The van der Waals surface area contributed by atoms with Gasteiger partial charge in [-0.25, -0.2) is 4.79 Å². The van der Waals surface area contributed by atoms with Gasteiger partial charge in [0.1, 0.15) is 0 Å². The first-order valence-electron chi connectivity index (χ1n) is 13.2. The minimum absolute atomic E-state index is 0.0224. The number of aromatic amines is 1. The molecule has 1 aliphatic heterocycles. The number of amides is 3. The van der Waals surface area contributed by atoms with Crippen LogP contribution in [0.5, 0.6) is 0 Å². The van der Waals surface area contributed by atoms with Crippen LogP contribution in [-0.2, 0) is 13.1 Å². The monoisotopic (exact) mass is 569 g/mol. The molecule has 0 atom stereocenters. The highest BCUT2D eigenvalue weighted by Gasteiger charge is 2.51. The van der Waals surface area contributed by atoms with Crippen LogP contribution in [0, 0.1) is 11.3 Å². The van der Waals surface area contributed by atoms with Gasteiger partial charge < -0.3 is 9.80 Å². The lowest BCUT2D eigenvalue weighted by Crippen LogP contribution is -2.50. The van der Waals surface area contributed by atoms with Crippen LogP contribution >= 0.6 is 23.2 Å². The quantitative estimate of drug-likeness (QED) is 0.369. The second kappa shape index (κ2) is 10.8. The molecule has 1 spiro atoms. The number of nitrogens with one attached hydrogen (secondary N) is 2. The van der Waals surface area contributed by atoms with Crippen LogP contribution in [0.3, 0.4) is 0 Å². The van der Waals surface area contributed by atoms with E-state index in [0.717, 1.165) is 36.8 Å². The molecule has 3 aromatic rings. The van der Waals surface area contributed by atoms with Crippen LogP contribution < -0.4 is 5.32 Å². The van der Waals surface area contributed by atoms with Crippen molar-refractivity contribution in [1.29, 1.82) is 0 Å². The van der Waals surface area contributed by atoms with Crippen LogP contribution in [0.15, 0.2) is 42.5 Å². The first-order valence-corrected chi connectivity index (χ1v) is 13.9. The molecular formula is C28H33Cl2N7O2. The van der Waals surface area contributed by atoms with E-state index in [0.29, 0.717) is 41.2 Å². The molecule has 2 N–H and O–H groups in total. The number of nitrogens with zero attached hydrogens (tertiary/aromatic N) is 5. The van der Waals surface area contributed by atoms with E-state index in [1.807, 2.05) is 29.2 Å². The number of urea groups is 1. The largest absolute Gasteiger partial charge is 0.321 e. The van der Waals surface area contributed by atoms with Gasteiger partial charge in [-0.1, -0.05) is 67.3 Å². The van der Waals surface area contributed by atoms with Crippen LogP contribution in [0.2, 0.25) is 10.0 Å². The van der Waals surface area contributed by atoms with E-state index >= 15 is 0 Å². The van der Waals surface area contributed by atoms with Gasteiger partial charge in [0.25, 0.3) is 11.9 Å². The summed E-state index contributed by atoms with van der Waals surface area (Å²) in [6, 6.07) is 12.9. The van der Waals surface area contributed by atoms with Gasteiger partial charge in [-0.3, -0.25) is 10.1 Å². The van der Waals surface area contributed by atoms with Gasteiger partial charge in [-0.15, -0.1) is 5.10 Å². The van der Waals surface area contributed by atoms with Gasteiger partial charge in [0.15, 0.2) is 0 Å². The second-order valence-electron chi connectivity index (χ2n) is 11.7. The molecule has 3 amide bonds. The minimum Gasteiger partial charge on any atom is -0.318 e. The summed E-state index contributed by atoms with van der Waals surface area (Å²) < 4.78 is 0. The molecule has 206 valence electrons. The first kappa shape index (κ1) is 27.4. The Labute approximate surface area is 238 Å². The fourth-order valence-corrected chi connectivity index (χ4v) is 6.20. The summed E-state index contributed by atoms with van der Waals surface area (Å²) in [7, 11) is 0. The van der Waals surface area contributed by atoms with Crippen LogP contribution in [-0.4, -0.2) is 54.4 Å². The molecule has 2 fully saturated rings. The average Bonchev–Trinajstić information content (AvgIpc) is 3.49. The number of carbonyl (C=O) groups is 2. The van der Waals surface area contributed by atoms with Gasteiger partial charge >= 0.3 is 6.03 Å². The van der Waals surface area contributed by atoms with Gasteiger partial charge in [0.05, 0.1) is 15.6 Å². The standard InChI is InChI=1S/C28H33Cl2N7O2/c1-27(2,3)21-10-12-28(13-11-21)17-36(15-19-6-9-22(29)23(30)14-19)26(39)37(28)16-18-4-7-20(8-5-18)24(38)31-25-32-34-35-33-25/h4-9,14,21H,10-13,15-17H2,1-3H3,(H2,31,32,33,34,35,38). The SMILES string of the molecule is CC(C)(C)C1CCC2(CC1)CN(Cc1ccc(Cl)c(Cl)c1)C(=O)N2Cc1ccc(C(=O)Nc2nn[nH]n2)cc1. The molecule has 9 nitrogen and oxygen atoms in total. The Morgan fingerprint density at radius 1 is 1.05 bits per heavy atom. The number of rotatable bonds is 6. The maximum Gasteiger partial charge on any atom is 0.321 e. The predicted molar refractivity (Wildman–Crippen MR) is 151 cm³/mol. The average molecular weight is 571 g/mol. The van der Waals surface area contributed by atoms with Gasteiger partial charge in [-0.2, -0.15) is 5.21 Å². The highest BCUT2D eigenvalue weighted by atomic mass is 35.5. The Kier molecular flexibility index (Phi) is 7.57. The number of aromatic nitrogens is 4. The van der Waals surface area contributed by atoms with E-state index in [2.05, 4.69) is 51.6 Å². The lowest BCUT2D eigenvalue weighted by molar-refractivity contribution is 0.0616. The van der Waals surface area contributed by atoms with Crippen molar-refractivity contribution in [1.82, 2.24) is 30.4 Å². The number of H-pyrrole nitrogens is 1. The summed E-state index contributed by atoms with van der Waals surface area (Å²) in [5.41, 5.74) is 2.40. The smallest absolute Gasteiger partial charge is 0.318 e. The minimum atomic E-state index is -0.329. The molecule has 39 heavy (non-hydrogen) atoms. The molecule has 0 radical (unpaired) electrons. The lowest BCUT2D eigenvalue weighted by atomic mass is 9.67. The molecule has 1 aromatic heterocycles. The van der Waals surface area contributed by atoms with Crippen molar-refractivity contribution in [2.45, 2.75) is 65.1 Å². The Balaban J connectivity index is 1.35. The van der Waals surface area contributed by atoms with Crippen LogP contribution in [0.1, 0.15) is 67.9 Å². The summed E-state index contributed by atoms with van der Waals surface area (Å²) >= 11 is 12.4. The summed E-state index contributed by atoms with van der Waals surface area (Å²) in [6.45, 7) is 8.55. The zero-order valence-electron chi connectivity index (χ0n) is 22.4. The predicted octanol–water partition coefficient (Wildman–Crippen LogP) is 6.17. The zero-order chi connectivity index (χ0) is 27.8. The molecule has 2 heterocycles. The highest BCUT2D eigenvalue weighted by Crippen LogP contribution is 2.47. The van der Waals surface area contributed by atoms with Crippen LogP contribution in [0.4, 0.5) is 10.7 Å². The summed E-state index contributed by atoms with van der Waals surface area (Å²) in [5.74, 6) is 0.410. The summed E-state index contributed by atoms with van der Waals surface area (Å²) in [6.07, 6.45) is 4.10. The maximum atomic E-state index is 13.9. The molecule has 1 saturated carbocycles. The van der Waals surface area contributed by atoms with Crippen molar-refractivity contribution in [3.8, 4) is 0 Å². The van der Waals surface area contributed by atoms with E-state index in [-0.39, 0.29) is 28.8 Å². The molecule has 0 bridgehead atoms. The van der Waals surface area contributed by atoms with Crippen molar-refractivity contribution in [2.75, 3.05) is 11.9 Å². The number of carbonyl (C=O) groups excluding carboxylic acids is 2. The van der Waals surface area contributed by atoms with E-state index in [1.165, 1.54) is 0 Å². The molecule has 2 aliphatic rings. The third-order valence-electron chi connectivity index (χ3n) is 8.19. The van der Waals surface area contributed by atoms with Crippen LogP contribution in [0.25, 0.3) is 0 Å². The van der Waals surface area contributed by atoms with Crippen molar-refractivity contribution >= 4 is 41.1 Å². The van der Waals surface area contributed by atoms with Gasteiger partial charge in [0.2, 0.25) is 0 Å². The van der Waals surface area contributed by atoms with E-state index in [1.54, 1.807) is 18.2 Å². The number of anilines is 1. The fourth-order valence-electron chi connectivity index (χ4n) is 5.88. The molecule has 5 rings (SSSR count). The van der Waals surface area contributed by atoms with Crippen molar-refractivity contribution in [2.24, 2.45) is 11.3 Å².